The maximum atomic E-state index is 2.35. The molecule has 0 saturated heterocycles. The zero-order valence-electron chi connectivity index (χ0n) is 13.7. The van der Waals surface area contributed by atoms with Crippen LogP contribution in [-0.2, 0) is 12.8 Å². The van der Waals surface area contributed by atoms with E-state index in [4.69, 9.17) is 0 Å². The maximum absolute atomic E-state index is 2.35. The topological polar surface area (TPSA) is 0 Å². The van der Waals surface area contributed by atoms with E-state index in [9.17, 15) is 0 Å². The molecule has 0 aliphatic carbocycles. The predicted octanol–water partition coefficient (Wildman–Crippen LogP) is 4.76. The maximum Gasteiger partial charge on any atom is 0 e. The average Bonchev–Trinajstić information content (AvgIpc) is 2.43. The van der Waals surface area contributed by atoms with Gasteiger partial charge in [-0.15, -0.1) is 0 Å². The first kappa shape index (κ1) is 20.7. The zero-order chi connectivity index (χ0) is 12.8. The molecule has 0 atom stereocenters. The van der Waals surface area contributed by atoms with E-state index in [2.05, 4.69) is 50.2 Å². The van der Waals surface area contributed by atoms with E-state index in [1.807, 2.05) is 0 Å². The number of rotatable bonds is 6. The van der Waals surface area contributed by atoms with Gasteiger partial charge in [0.25, 0.3) is 0 Å². The van der Waals surface area contributed by atoms with Crippen molar-refractivity contribution < 1.29 is 0 Å². The fourth-order valence-electron chi connectivity index (χ4n) is 2.63. The van der Waals surface area contributed by atoms with Crippen LogP contribution in [0.2, 0.25) is 0 Å². The molecule has 98 valence electrons. The first-order chi connectivity index (χ1) is 8.86. The normalized spacial score (nSPS) is 9.90. The van der Waals surface area contributed by atoms with Crippen molar-refractivity contribution in [3.05, 3.63) is 47.5 Å². The van der Waals surface area contributed by atoms with Crippen LogP contribution in [0.3, 0.4) is 0 Å². The molecule has 0 N–H and O–H groups in total. The van der Waals surface area contributed by atoms with E-state index in [-0.39, 0.29) is 59.1 Å². The molecule has 0 spiro atoms. The molecule has 0 aromatic heterocycles. The van der Waals surface area contributed by atoms with Gasteiger partial charge in [0, 0.05) is 59.1 Å². The Morgan fingerprint density at radius 2 is 1.40 bits per heavy atom. The van der Waals surface area contributed by atoms with Crippen molar-refractivity contribution in [1.82, 2.24) is 0 Å². The van der Waals surface area contributed by atoms with Gasteiger partial charge in [-0.3, -0.25) is 0 Å². The van der Waals surface area contributed by atoms with Crippen LogP contribution in [0.4, 0.5) is 0 Å². The van der Waals surface area contributed by atoms with Gasteiger partial charge in [0.1, 0.15) is 0 Å². The summed E-state index contributed by atoms with van der Waals surface area (Å²) in [6.45, 7) is 4.55. The fraction of sp³-hybridized carbons (Fsp3) is 0.444. The molecule has 0 saturated carbocycles. The number of aryl methyl sites for hydroxylation is 2. The third-order valence-corrected chi connectivity index (χ3v) is 3.72. The Hall–Kier alpha value is 0.700. The first-order valence-corrected chi connectivity index (χ1v) is 7.36. The smallest absolute Gasteiger partial charge is 0 e. The van der Waals surface area contributed by atoms with Crippen molar-refractivity contribution in [3.8, 4) is 0 Å². The Kier molecular flexibility index (Phi) is 11.7. The molecule has 0 unspecified atom stereocenters. The molecule has 2 radical (unpaired) electrons. The van der Waals surface area contributed by atoms with Crippen LogP contribution in [0, 0.1) is 0 Å². The summed E-state index contributed by atoms with van der Waals surface area (Å²) < 4.78 is 0. The predicted molar refractivity (Wildman–Crippen MR) is 92.7 cm³/mol. The van der Waals surface area contributed by atoms with Crippen molar-refractivity contribution in [3.63, 3.8) is 0 Å². The molecule has 0 nitrogen and oxygen atoms in total. The fourth-order valence-corrected chi connectivity index (χ4v) is 2.63. The van der Waals surface area contributed by atoms with Crippen molar-refractivity contribution in [1.29, 1.82) is 0 Å². The van der Waals surface area contributed by atoms with E-state index in [0.717, 1.165) is 0 Å². The monoisotopic (exact) mass is 286 g/mol. The van der Waals surface area contributed by atoms with Crippen LogP contribution >= 0.6 is 0 Å². The minimum Gasteiger partial charge on any atom is -0.0654 e. The Balaban J connectivity index is 0.00000180. The summed E-state index contributed by atoms with van der Waals surface area (Å²) in [6, 6.07) is 13.5. The number of hydrogen-bond donors (Lipinski definition) is 0. The van der Waals surface area contributed by atoms with E-state index in [1.54, 1.807) is 11.1 Å². The van der Waals surface area contributed by atoms with E-state index >= 15 is 0 Å². The summed E-state index contributed by atoms with van der Waals surface area (Å²) in [4.78, 5) is 0. The van der Waals surface area contributed by atoms with Crippen LogP contribution < -0.4 is 0 Å². The molecule has 2 rings (SSSR count). The standard InChI is InChI=1S/C18H24.2Na/c1-3-5-9-15-13-14-16-10-7-8-12-18(16)17(15)11-6-4-2;;/h7-8,10,12-14H,3-6,9,11H2,1-2H3;;. The van der Waals surface area contributed by atoms with E-state index in [0.29, 0.717) is 0 Å². The molecule has 0 aliphatic heterocycles. The number of benzene rings is 2. The average molecular weight is 286 g/mol. The van der Waals surface area contributed by atoms with Crippen LogP contribution in [-0.4, -0.2) is 59.1 Å². The van der Waals surface area contributed by atoms with Gasteiger partial charge in [-0.25, -0.2) is 0 Å². The van der Waals surface area contributed by atoms with Crippen LogP contribution in [0.15, 0.2) is 36.4 Å². The number of unbranched alkanes of at least 4 members (excludes halogenated alkanes) is 2. The summed E-state index contributed by atoms with van der Waals surface area (Å²) in [5.41, 5.74) is 3.17. The second-order valence-electron chi connectivity index (χ2n) is 5.13. The Labute approximate surface area is 168 Å². The minimum absolute atomic E-state index is 0. The van der Waals surface area contributed by atoms with E-state index < -0.39 is 0 Å². The second kappa shape index (κ2) is 11.3. The van der Waals surface area contributed by atoms with Gasteiger partial charge in [-0.1, -0.05) is 63.1 Å². The summed E-state index contributed by atoms with van der Waals surface area (Å²) >= 11 is 0. The molecular formula is C18H24Na2. The summed E-state index contributed by atoms with van der Waals surface area (Å²) in [6.07, 6.45) is 7.62. The molecule has 0 amide bonds. The molecule has 0 aliphatic rings. The number of hydrogen-bond acceptors (Lipinski definition) is 0. The third kappa shape index (κ3) is 5.48. The quantitative estimate of drug-likeness (QED) is 0.671. The summed E-state index contributed by atoms with van der Waals surface area (Å²) in [5.74, 6) is 0. The summed E-state index contributed by atoms with van der Waals surface area (Å²) in [5, 5.41) is 2.86. The SMILES string of the molecule is CCCCc1ccc2ccccc2c1CCCC.[Na].[Na]. The van der Waals surface area contributed by atoms with Gasteiger partial charge in [-0.2, -0.15) is 0 Å². The summed E-state index contributed by atoms with van der Waals surface area (Å²) in [7, 11) is 0. The Morgan fingerprint density at radius 1 is 0.750 bits per heavy atom. The Morgan fingerprint density at radius 3 is 2.10 bits per heavy atom. The molecule has 20 heavy (non-hydrogen) atoms. The van der Waals surface area contributed by atoms with Gasteiger partial charge in [-0.05, 0) is 47.6 Å². The van der Waals surface area contributed by atoms with Crippen molar-refractivity contribution >= 4 is 69.9 Å². The zero-order valence-corrected chi connectivity index (χ0v) is 17.7. The van der Waals surface area contributed by atoms with Crippen molar-refractivity contribution in [2.45, 2.75) is 52.4 Å². The largest absolute Gasteiger partial charge is 0.0654 e. The molecule has 2 aromatic carbocycles. The van der Waals surface area contributed by atoms with Gasteiger partial charge >= 0.3 is 0 Å². The Bertz CT molecular complexity index is 506. The van der Waals surface area contributed by atoms with Gasteiger partial charge in [0.15, 0.2) is 0 Å². The van der Waals surface area contributed by atoms with Gasteiger partial charge in [0.05, 0.1) is 0 Å². The van der Waals surface area contributed by atoms with Crippen molar-refractivity contribution in [2.24, 2.45) is 0 Å². The molecule has 2 heteroatoms. The van der Waals surface area contributed by atoms with Crippen LogP contribution in [0.5, 0.6) is 0 Å². The third-order valence-electron chi connectivity index (χ3n) is 3.72. The van der Waals surface area contributed by atoms with Crippen molar-refractivity contribution in [2.75, 3.05) is 0 Å². The van der Waals surface area contributed by atoms with Crippen LogP contribution in [0.1, 0.15) is 50.7 Å². The molecule has 0 fully saturated rings. The molecule has 0 bridgehead atoms. The number of fused-ring (bicyclic) bond motifs is 1. The van der Waals surface area contributed by atoms with Gasteiger partial charge in [0.2, 0.25) is 0 Å². The molecule has 0 heterocycles. The minimum atomic E-state index is 0. The van der Waals surface area contributed by atoms with Gasteiger partial charge < -0.3 is 0 Å². The first-order valence-electron chi connectivity index (χ1n) is 7.36. The van der Waals surface area contributed by atoms with E-state index in [1.165, 1.54) is 49.3 Å². The molecule has 2 aromatic rings. The van der Waals surface area contributed by atoms with Crippen LogP contribution in [0.25, 0.3) is 10.8 Å². The molecular weight excluding hydrogens is 262 g/mol. The second-order valence-corrected chi connectivity index (χ2v) is 5.13.